The van der Waals surface area contributed by atoms with Crippen molar-refractivity contribution in [3.63, 3.8) is 0 Å². The number of benzene rings is 1. The fraction of sp³-hybridized carbons (Fsp3) is 0.500. The summed E-state index contributed by atoms with van der Waals surface area (Å²) in [6.07, 6.45) is 4.43. The molecule has 20 heavy (non-hydrogen) atoms. The predicted octanol–water partition coefficient (Wildman–Crippen LogP) is 2.19. The molecule has 0 spiro atoms. The normalized spacial score (nSPS) is 17.8. The van der Waals surface area contributed by atoms with Gasteiger partial charge in [0.2, 0.25) is 0 Å². The zero-order valence-corrected chi connectivity index (χ0v) is 11.1. The van der Waals surface area contributed by atoms with Crippen LogP contribution in [0.15, 0.2) is 18.2 Å². The summed E-state index contributed by atoms with van der Waals surface area (Å²) in [5.41, 5.74) is 5.82. The average Bonchev–Trinajstić information content (AvgIpc) is 3.27. The van der Waals surface area contributed by atoms with Gasteiger partial charge in [-0.15, -0.1) is 0 Å². The summed E-state index contributed by atoms with van der Waals surface area (Å²) in [5, 5.41) is 10.9. The number of amides is 1. The van der Waals surface area contributed by atoms with E-state index in [2.05, 4.69) is 0 Å². The third-order valence-corrected chi connectivity index (χ3v) is 3.87. The molecule has 2 aliphatic rings. The van der Waals surface area contributed by atoms with E-state index in [1.165, 1.54) is 25.0 Å². The zero-order valence-electron chi connectivity index (χ0n) is 11.1. The van der Waals surface area contributed by atoms with Crippen LogP contribution in [0.25, 0.3) is 0 Å². The van der Waals surface area contributed by atoms with Gasteiger partial charge in [0, 0.05) is 24.2 Å². The number of carbonyl (C=O) groups excluding carboxylic acids is 1. The average molecular weight is 275 g/mol. The summed E-state index contributed by atoms with van der Waals surface area (Å²) in [6, 6.07) is 4.63. The van der Waals surface area contributed by atoms with Gasteiger partial charge in [0.1, 0.15) is 5.69 Å². The summed E-state index contributed by atoms with van der Waals surface area (Å²) in [6.45, 7) is 0.779. The molecule has 1 amide bonds. The molecule has 0 heterocycles. The second-order valence-electron chi connectivity index (χ2n) is 5.66. The van der Waals surface area contributed by atoms with Crippen LogP contribution in [0.4, 0.5) is 11.4 Å². The van der Waals surface area contributed by atoms with E-state index in [0.29, 0.717) is 17.5 Å². The summed E-state index contributed by atoms with van der Waals surface area (Å²) in [4.78, 5) is 24.8. The van der Waals surface area contributed by atoms with Crippen LogP contribution in [0.3, 0.4) is 0 Å². The van der Waals surface area contributed by atoms with Gasteiger partial charge >= 0.3 is 0 Å². The Morgan fingerprint density at radius 3 is 2.60 bits per heavy atom. The van der Waals surface area contributed by atoms with Crippen molar-refractivity contribution in [1.82, 2.24) is 4.90 Å². The molecule has 0 aromatic heterocycles. The summed E-state index contributed by atoms with van der Waals surface area (Å²) < 4.78 is 0. The second kappa shape index (κ2) is 4.77. The molecule has 6 nitrogen and oxygen atoms in total. The van der Waals surface area contributed by atoms with Crippen LogP contribution in [-0.4, -0.2) is 28.3 Å². The molecule has 2 N–H and O–H groups in total. The van der Waals surface area contributed by atoms with Gasteiger partial charge < -0.3 is 10.6 Å². The molecule has 0 aliphatic heterocycles. The molecule has 106 valence electrons. The third-order valence-electron chi connectivity index (χ3n) is 3.87. The number of hydrogen-bond acceptors (Lipinski definition) is 4. The SMILES string of the molecule is Nc1ccc(C(=O)N(CC2CC2)C2CC2)cc1[N+](=O)[O-]. The molecule has 2 aliphatic carbocycles. The molecular weight excluding hydrogens is 258 g/mol. The largest absolute Gasteiger partial charge is 0.393 e. The molecule has 6 heteroatoms. The van der Waals surface area contributed by atoms with Crippen molar-refractivity contribution in [3.8, 4) is 0 Å². The van der Waals surface area contributed by atoms with Crippen LogP contribution < -0.4 is 5.73 Å². The lowest BCUT2D eigenvalue weighted by Gasteiger charge is -2.22. The lowest BCUT2D eigenvalue weighted by molar-refractivity contribution is -0.383. The number of nitro groups is 1. The van der Waals surface area contributed by atoms with E-state index >= 15 is 0 Å². The maximum atomic E-state index is 12.5. The smallest absolute Gasteiger partial charge is 0.292 e. The summed E-state index contributed by atoms with van der Waals surface area (Å²) in [7, 11) is 0. The molecule has 0 atom stereocenters. The zero-order chi connectivity index (χ0) is 14.3. The lowest BCUT2D eigenvalue weighted by atomic mass is 10.1. The van der Waals surface area contributed by atoms with Gasteiger partial charge in [0.05, 0.1) is 4.92 Å². The maximum absolute atomic E-state index is 12.5. The van der Waals surface area contributed by atoms with E-state index in [1.807, 2.05) is 4.90 Å². The van der Waals surface area contributed by atoms with E-state index in [4.69, 9.17) is 5.73 Å². The fourth-order valence-corrected chi connectivity index (χ4v) is 2.36. The predicted molar refractivity (Wildman–Crippen MR) is 74.3 cm³/mol. The highest BCUT2D eigenvalue weighted by Gasteiger charge is 2.37. The molecule has 0 bridgehead atoms. The highest BCUT2D eigenvalue weighted by atomic mass is 16.6. The summed E-state index contributed by atoms with van der Waals surface area (Å²) >= 11 is 0. The second-order valence-corrected chi connectivity index (χ2v) is 5.66. The first kappa shape index (κ1) is 12.9. The van der Waals surface area contributed by atoms with E-state index in [0.717, 1.165) is 19.4 Å². The molecule has 3 rings (SSSR count). The van der Waals surface area contributed by atoms with Crippen LogP contribution in [-0.2, 0) is 0 Å². The van der Waals surface area contributed by atoms with Gasteiger partial charge in [0.25, 0.3) is 11.6 Å². The van der Waals surface area contributed by atoms with Gasteiger partial charge in [-0.2, -0.15) is 0 Å². The van der Waals surface area contributed by atoms with Crippen molar-refractivity contribution in [2.45, 2.75) is 31.7 Å². The van der Waals surface area contributed by atoms with E-state index in [1.54, 1.807) is 6.07 Å². The quantitative estimate of drug-likeness (QED) is 0.506. The first-order valence-electron chi connectivity index (χ1n) is 6.91. The van der Waals surface area contributed by atoms with Crippen LogP contribution in [0.2, 0.25) is 0 Å². The monoisotopic (exact) mass is 275 g/mol. The molecule has 1 aromatic rings. The fourth-order valence-electron chi connectivity index (χ4n) is 2.36. The van der Waals surface area contributed by atoms with Gasteiger partial charge in [-0.25, -0.2) is 0 Å². The highest BCUT2D eigenvalue weighted by Crippen LogP contribution is 2.36. The Bertz CT molecular complexity index is 565. The van der Waals surface area contributed by atoms with Gasteiger partial charge in [-0.1, -0.05) is 0 Å². The number of nitrogens with zero attached hydrogens (tertiary/aromatic N) is 2. The molecule has 0 unspecified atom stereocenters. The molecule has 1 aromatic carbocycles. The third kappa shape index (κ3) is 2.59. The molecule has 0 saturated heterocycles. The van der Waals surface area contributed by atoms with Crippen LogP contribution >= 0.6 is 0 Å². The Morgan fingerprint density at radius 1 is 1.35 bits per heavy atom. The molecule has 0 radical (unpaired) electrons. The van der Waals surface area contributed by atoms with Crippen LogP contribution in [0.1, 0.15) is 36.0 Å². The van der Waals surface area contributed by atoms with Crippen molar-refractivity contribution >= 4 is 17.3 Å². The highest BCUT2D eigenvalue weighted by molar-refractivity contribution is 5.96. The van der Waals surface area contributed by atoms with Crippen molar-refractivity contribution in [1.29, 1.82) is 0 Å². The minimum absolute atomic E-state index is 0.0896. The number of nitrogens with two attached hydrogens (primary N) is 1. The van der Waals surface area contributed by atoms with Crippen molar-refractivity contribution in [2.24, 2.45) is 5.92 Å². The van der Waals surface area contributed by atoms with E-state index in [9.17, 15) is 14.9 Å². The lowest BCUT2D eigenvalue weighted by Crippen LogP contribution is -2.34. The minimum Gasteiger partial charge on any atom is -0.393 e. The molecule has 2 saturated carbocycles. The van der Waals surface area contributed by atoms with Gasteiger partial charge in [0.15, 0.2) is 0 Å². The number of nitrogen functional groups attached to an aromatic ring is 1. The topological polar surface area (TPSA) is 89.5 Å². The number of carbonyl (C=O) groups is 1. The van der Waals surface area contributed by atoms with Gasteiger partial charge in [-0.05, 0) is 43.7 Å². The first-order valence-corrected chi connectivity index (χ1v) is 6.91. The Hall–Kier alpha value is -2.11. The number of nitro benzene ring substituents is 1. The van der Waals surface area contributed by atoms with Crippen molar-refractivity contribution in [2.75, 3.05) is 12.3 Å². The number of anilines is 1. The summed E-state index contributed by atoms with van der Waals surface area (Å²) in [5.74, 6) is 0.505. The standard InChI is InChI=1S/C14H17N3O3/c15-12-6-3-10(7-13(12)17(19)20)14(18)16(11-4-5-11)8-9-1-2-9/h3,6-7,9,11H,1-2,4-5,8,15H2. The number of rotatable bonds is 5. The van der Waals surface area contributed by atoms with Crippen molar-refractivity contribution < 1.29 is 9.72 Å². The minimum atomic E-state index is -0.547. The first-order chi connectivity index (χ1) is 9.56. The van der Waals surface area contributed by atoms with Crippen LogP contribution in [0.5, 0.6) is 0 Å². The van der Waals surface area contributed by atoms with E-state index < -0.39 is 4.92 Å². The number of hydrogen-bond donors (Lipinski definition) is 1. The maximum Gasteiger partial charge on any atom is 0.292 e. The van der Waals surface area contributed by atoms with E-state index in [-0.39, 0.29) is 17.3 Å². The Morgan fingerprint density at radius 2 is 2.05 bits per heavy atom. The molecule has 2 fully saturated rings. The van der Waals surface area contributed by atoms with Crippen molar-refractivity contribution in [3.05, 3.63) is 33.9 Å². The Kier molecular flexibility index (Phi) is 3.08. The van der Waals surface area contributed by atoms with Gasteiger partial charge in [-0.3, -0.25) is 14.9 Å². The Labute approximate surface area is 116 Å². The molecular formula is C14H17N3O3. The van der Waals surface area contributed by atoms with Crippen LogP contribution in [0, 0.1) is 16.0 Å². The Balaban J connectivity index is 1.84.